The van der Waals surface area contributed by atoms with E-state index in [9.17, 15) is 23.1 Å². The van der Waals surface area contributed by atoms with Crippen LogP contribution in [-0.2, 0) is 23.9 Å². The average molecular weight is 502 g/mol. The molecule has 0 saturated carbocycles. The number of anilines is 3. The van der Waals surface area contributed by atoms with Gasteiger partial charge in [0.1, 0.15) is 11.7 Å². The van der Waals surface area contributed by atoms with E-state index in [0.717, 1.165) is 30.1 Å². The third kappa shape index (κ3) is 4.46. The van der Waals surface area contributed by atoms with Crippen LogP contribution < -0.4 is 19.9 Å². The minimum Gasteiger partial charge on any atom is -0.436 e. The molecule has 2 aliphatic rings. The van der Waals surface area contributed by atoms with Crippen molar-refractivity contribution >= 4 is 23.4 Å². The molecule has 5 heterocycles. The third-order valence-electron chi connectivity index (χ3n) is 5.88. The van der Waals surface area contributed by atoms with Crippen LogP contribution in [0, 0.1) is 0 Å². The Morgan fingerprint density at radius 2 is 1.94 bits per heavy atom. The summed E-state index contributed by atoms with van der Waals surface area (Å²) in [7, 11) is 1.72. The summed E-state index contributed by atoms with van der Waals surface area (Å²) in [6.45, 7) is 0.592. The number of aliphatic hydroxyl groups is 1. The lowest BCUT2D eigenvalue weighted by molar-refractivity contribution is -0.145. The highest BCUT2D eigenvalue weighted by Gasteiger charge is 2.40. The lowest BCUT2D eigenvalue weighted by atomic mass is 10.0. The van der Waals surface area contributed by atoms with E-state index in [0.29, 0.717) is 37.0 Å². The van der Waals surface area contributed by atoms with E-state index in [-0.39, 0.29) is 24.1 Å². The number of nitrogens with zero attached hydrogens (tertiary/aromatic N) is 7. The highest BCUT2D eigenvalue weighted by Crippen LogP contribution is 2.39. The Morgan fingerprint density at radius 1 is 1.17 bits per heavy atom. The molecule has 2 N–H and O–H groups in total. The summed E-state index contributed by atoms with van der Waals surface area (Å²) in [5.41, 5.74) is 2.24. The van der Waals surface area contributed by atoms with Gasteiger partial charge >= 0.3 is 6.18 Å². The van der Waals surface area contributed by atoms with Crippen molar-refractivity contribution in [3.63, 3.8) is 0 Å². The Hall–Kier alpha value is -4.07. The second kappa shape index (κ2) is 9.18. The number of rotatable bonds is 6. The van der Waals surface area contributed by atoms with Crippen LogP contribution in [0.25, 0.3) is 0 Å². The van der Waals surface area contributed by atoms with Crippen LogP contribution in [-0.4, -0.2) is 62.2 Å². The number of pyridine rings is 1. The zero-order chi connectivity index (χ0) is 25.4. The second-order valence-corrected chi connectivity index (χ2v) is 8.27. The maximum absolute atomic E-state index is 12.7. The number of aromatic nitrogens is 5. The fourth-order valence-corrected chi connectivity index (χ4v) is 4.09. The number of alkyl halides is 3. The van der Waals surface area contributed by atoms with Crippen LogP contribution >= 0.6 is 0 Å². The molecular weight excluding hydrogens is 481 g/mol. The van der Waals surface area contributed by atoms with Crippen molar-refractivity contribution in [2.45, 2.75) is 31.6 Å². The van der Waals surface area contributed by atoms with Crippen molar-refractivity contribution in [1.82, 2.24) is 24.9 Å². The van der Waals surface area contributed by atoms with Crippen molar-refractivity contribution < 1.29 is 27.8 Å². The number of amides is 1. The monoisotopic (exact) mass is 502 g/mol. The first-order valence-electron chi connectivity index (χ1n) is 11.1. The molecule has 188 valence electrons. The normalized spacial score (nSPS) is 17.1. The minimum atomic E-state index is -4.63. The molecule has 1 atom stereocenters. The van der Waals surface area contributed by atoms with Gasteiger partial charge in [-0.3, -0.25) is 4.79 Å². The van der Waals surface area contributed by atoms with E-state index >= 15 is 0 Å². The molecule has 36 heavy (non-hydrogen) atoms. The maximum Gasteiger partial charge on any atom is 0.451 e. The van der Waals surface area contributed by atoms with Gasteiger partial charge in [-0.2, -0.15) is 18.2 Å². The SMILES string of the molecule is CN1c2nc(NCc3ccc(Oc4cnc(C(F)(F)F)nc4)nc3)nc3c2N(CCC3)C(=O)[C@@H]1CO. The third-order valence-corrected chi connectivity index (χ3v) is 5.88. The number of hydrogen-bond donors (Lipinski definition) is 2. The van der Waals surface area contributed by atoms with Gasteiger partial charge in [0.15, 0.2) is 11.6 Å². The fourth-order valence-electron chi connectivity index (χ4n) is 4.09. The van der Waals surface area contributed by atoms with E-state index in [2.05, 4.69) is 30.2 Å². The summed E-state index contributed by atoms with van der Waals surface area (Å²) in [6.07, 6.45) is 0.259. The number of aryl methyl sites for hydroxylation is 1. The lowest BCUT2D eigenvalue weighted by Crippen LogP contribution is -2.55. The quantitative estimate of drug-likeness (QED) is 0.517. The Bertz CT molecular complexity index is 1270. The van der Waals surface area contributed by atoms with Crippen LogP contribution in [0.3, 0.4) is 0 Å². The Labute approximate surface area is 203 Å². The number of likely N-dealkylation sites (N-methyl/N-ethyl adjacent to an activating group) is 1. The van der Waals surface area contributed by atoms with Crippen LogP contribution in [0.2, 0.25) is 0 Å². The van der Waals surface area contributed by atoms with Crippen molar-refractivity contribution in [3.05, 3.63) is 47.8 Å². The van der Waals surface area contributed by atoms with Crippen molar-refractivity contribution in [2.24, 2.45) is 0 Å². The summed E-state index contributed by atoms with van der Waals surface area (Å²) in [4.78, 5) is 35.9. The van der Waals surface area contributed by atoms with E-state index in [4.69, 9.17) is 4.74 Å². The largest absolute Gasteiger partial charge is 0.451 e. The minimum absolute atomic E-state index is 0.0237. The molecule has 0 aliphatic carbocycles. The summed E-state index contributed by atoms with van der Waals surface area (Å²) >= 11 is 0. The smallest absolute Gasteiger partial charge is 0.436 e. The van der Waals surface area contributed by atoms with Gasteiger partial charge < -0.3 is 25.0 Å². The first-order chi connectivity index (χ1) is 17.2. The number of ether oxygens (including phenoxy) is 1. The van der Waals surface area contributed by atoms with Crippen molar-refractivity contribution in [3.8, 4) is 11.6 Å². The fraction of sp³-hybridized carbons (Fsp3) is 0.364. The molecular formula is C22H21F3N8O3. The molecule has 0 radical (unpaired) electrons. The number of nitrogens with one attached hydrogen (secondary N) is 1. The molecule has 0 saturated heterocycles. The zero-order valence-electron chi connectivity index (χ0n) is 19.0. The Kier molecular flexibility index (Phi) is 6.04. The van der Waals surface area contributed by atoms with Crippen LogP contribution in [0.5, 0.6) is 11.6 Å². The molecule has 0 spiro atoms. The van der Waals surface area contributed by atoms with Crippen LogP contribution in [0.15, 0.2) is 30.7 Å². The van der Waals surface area contributed by atoms with Crippen molar-refractivity contribution in [1.29, 1.82) is 0 Å². The number of aliphatic hydroxyl groups excluding tert-OH is 1. The first kappa shape index (κ1) is 23.7. The zero-order valence-corrected chi connectivity index (χ0v) is 19.0. The van der Waals surface area contributed by atoms with E-state index in [1.165, 1.54) is 0 Å². The molecule has 0 bridgehead atoms. The number of carbonyl (C=O) groups excluding carboxylic acids is 1. The Morgan fingerprint density at radius 3 is 2.61 bits per heavy atom. The molecule has 11 nitrogen and oxygen atoms in total. The summed E-state index contributed by atoms with van der Waals surface area (Å²) < 4.78 is 43.1. The van der Waals surface area contributed by atoms with Gasteiger partial charge in [0, 0.05) is 32.4 Å². The second-order valence-electron chi connectivity index (χ2n) is 8.27. The highest BCUT2D eigenvalue weighted by atomic mass is 19.4. The molecule has 3 aromatic heterocycles. The predicted molar refractivity (Wildman–Crippen MR) is 121 cm³/mol. The molecule has 14 heteroatoms. The van der Waals surface area contributed by atoms with Gasteiger partial charge in [-0.15, -0.1) is 0 Å². The first-order valence-corrected chi connectivity index (χ1v) is 11.1. The summed E-state index contributed by atoms with van der Waals surface area (Å²) in [5, 5.41) is 12.9. The van der Waals surface area contributed by atoms with Crippen molar-refractivity contribution in [2.75, 3.05) is 35.3 Å². The molecule has 5 rings (SSSR count). The topological polar surface area (TPSA) is 129 Å². The molecule has 0 unspecified atom stereocenters. The van der Waals surface area contributed by atoms with Gasteiger partial charge in [-0.1, -0.05) is 6.07 Å². The summed E-state index contributed by atoms with van der Waals surface area (Å²) in [5.74, 6) is -0.255. The lowest BCUT2D eigenvalue weighted by Gasteiger charge is -2.42. The average Bonchev–Trinajstić information content (AvgIpc) is 2.87. The molecule has 0 aromatic carbocycles. The van der Waals surface area contributed by atoms with Gasteiger partial charge in [0.25, 0.3) is 5.91 Å². The van der Waals surface area contributed by atoms with E-state index in [1.54, 1.807) is 35.2 Å². The van der Waals surface area contributed by atoms with Crippen LogP contribution in [0.4, 0.5) is 30.6 Å². The van der Waals surface area contributed by atoms with Gasteiger partial charge in [-0.05, 0) is 18.4 Å². The predicted octanol–water partition coefficient (Wildman–Crippen LogP) is 2.17. The standard InChI is InChI=1S/C22H21F3N8O3/c1-32-15(11-34)19(35)33-6-2-3-14-17(33)18(32)31-21(30-14)29-8-12-4-5-16(26-7-12)36-13-9-27-20(28-10-13)22(23,24)25/h4-5,7,9-10,15,34H,2-3,6,8,11H2,1H3,(H,29,30,31)/t15-/m0/s1. The van der Waals surface area contributed by atoms with Gasteiger partial charge in [0.2, 0.25) is 17.7 Å². The maximum atomic E-state index is 12.7. The summed E-state index contributed by atoms with van der Waals surface area (Å²) in [6, 6.07) is 2.60. The molecule has 3 aromatic rings. The van der Waals surface area contributed by atoms with Crippen LogP contribution in [0.1, 0.15) is 23.5 Å². The van der Waals surface area contributed by atoms with Gasteiger partial charge in [0.05, 0.1) is 24.7 Å². The molecule has 1 amide bonds. The highest BCUT2D eigenvalue weighted by molar-refractivity contribution is 6.05. The van der Waals surface area contributed by atoms with E-state index < -0.39 is 18.0 Å². The molecule has 2 aliphatic heterocycles. The number of carbonyl (C=O) groups is 1. The number of halogens is 3. The van der Waals surface area contributed by atoms with Gasteiger partial charge in [-0.25, -0.2) is 19.9 Å². The number of hydrogen-bond acceptors (Lipinski definition) is 10. The molecule has 0 fully saturated rings. The Balaban J connectivity index is 1.27. The van der Waals surface area contributed by atoms with E-state index in [1.807, 2.05) is 0 Å².